The summed E-state index contributed by atoms with van der Waals surface area (Å²) in [4.78, 5) is 31.7. The van der Waals surface area contributed by atoms with Gasteiger partial charge in [0, 0.05) is 60.8 Å². The molecule has 2 aliphatic rings. The molecule has 2 saturated heterocycles. The highest BCUT2D eigenvalue weighted by Crippen LogP contribution is 2.34. The molecule has 1 amide bonds. The number of carbonyl (C=O) groups is 1. The van der Waals surface area contributed by atoms with Crippen LogP contribution in [-0.4, -0.2) is 67.3 Å². The van der Waals surface area contributed by atoms with E-state index in [4.69, 9.17) is 32.9 Å². The van der Waals surface area contributed by atoms with Gasteiger partial charge in [0.2, 0.25) is 11.7 Å². The number of halogens is 2. The maximum absolute atomic E-state index is 13.6. The second-order valence-corrected chi connectivity index (χ2v) is 10.4. The fourth-order valence-corrected chi connectivity index (χ4v) is 5.88. The normalized spacial score (nSPS) is 19.8. The summed E-state index contributed by atoms with van der Waals surface area (Å²) < 4.78 is 7.29. The lowest BCUT2D eigenvalue weighted by atomic mass is 10.1. The lowest BCUT2D eigenvalue weighted by Crippen LogP contribution is -2.43. The molecule has 6 rings (SSSR count). The zero-order valence-electron chi connectivity index (χ0n) is 20.3. The minimum Gasteiger partial charge on any atom is -0.481 e. The molecule has 2 atom stereocenters. The number of ether oxygens (including phenoxy) is 1. The van der Waals surface area contributed by atoms with E-state index in [1.54, 1.807) is 18.3 Å². The molecule has 0 aliphatic carbocycles. The van der Waals surface area contributed by atoms with Gasteiger partial charge in [0.15, 0.2) is 5.69 Å². The molecule has 190 valence electrons. The van der Waals surface area contributed by atoms with Crippen LogP contribution in [0.3, 0.4) is 0 Å². The summed E-state index contributed by atoms with van der Waals surface area (Å²) in [5, 5.41) is 1.03. The third kappa shape index (κ3) is 4.54. The molecule has 1 aromatic carbocycles. The van der Waals surface area contributed by atoms with Crippen molar-refractivity contribution in [2.24, 2.45) is 0 Å². The van der Waals surface area contributed by atoms with Gasteiger partial charge in [0.25, 0.3) is 5.91 Å². The molecule has 0 N–H and O–H groups in total. The highest BCUT2D eigenvalue weighted by atomic mass is 35.5. The van der Waals surface area contributed by atoms with Crippen molar-refractivity contribution >= 4 is 34.9 Å². The Balaban J connectivity index is 1.29. The topological polar surface area (TPSA) is 75.9 Å². The molecule has 5 heterocycles. The Kier molecular flexibility index (Phi) is 6.48. The van der Waals surface area contributed by atoms with Crippen molar-refractivity contribution in [2.45, 2.75) is 37.9 Å². The second kappa shape index (κ2) is 9.93. The molecule has 2 aliphatic heterocycles. The number of amides is 1. The van der Waals surface area contributed by atoms with E-state index in [1.165, 1.54) is 7.11 Å². The average Bonchev–Trinajstić information content (AvgIpc) is 3.42. The molecule has 0 radical (unpaired) electrons. The smallest absolute Gasteiger partial charge is 0.274 e. The Morgan fingerprint density at radius 2 is 1.86 bits per heavy atom. The maximum atomic E-state index is 13.6. The SMILES string of the molecule is COc1ccc(Cl)c(C(=O)N2C3CCC2CN(Cc2c(-c4ccc(Cl)cc4)nc4ncccn24)CC3)n1. The molecule has 3 aromatic heterocycles. The monoisotopic (exact) mass is 536 g/mol. The third-order valence-corrected chi connectivity index (χ3v) is 7.88. The van der Waals surface area contributed by atoms with Crippen molar-refractivity contribution in [1.29, 1.82) is 0 Å². The van der Waals surface area contributed by atoms with Gasteiger partial charge in [0.05, 0.1) is 23.5 Å². The number of methoxy groups -OCH3 is 1. The lowest BCUT2D eigenvalue weighted by Gasteiger charge is -2.29. The predicted octanol–water partition coefficient (Wildman–Crippen LogP) is 4.99. The fourth-order valence-electron chi connectivity index (χ4n) is 5.57. The van der Waals surface area contributed by atoms with Crippen molar-refractivity contribution in [3.8, 4) is 17.1 Å². The van der Waals surface area contributed by atoms with Gasteiger partial charge >= 0.3 is 0 Å². The largest absolute Gasteiger partial charge is 0.481 e. The van der Waals surface area contributed by atoms with Crippen LogP contribution in [0.5, 0.6) is 5.88 Å². The van der Waals surface area contributed by atoms with E-state index < -0.39 is 0 Å². The zero-order chi connectivity index (χ0) is 25.5. The summed E-state index contributed by atoms with van der Waals surface area (Å²) in [6, 6.07) is 13.2. The molecule has 2 fully saturated rings. The summed E-state index contributed by atoms with van der Waals surface area (Å²) in [6.45, 7) is 2.32. The number of hydrogen-bond donors (Lipinski definition) is 0. The Bertz CT molecular complexity index is 1460. The first-order valence-electron chi connectivity index (χ1n) is 12.4. The number of benzene rings is 1. The van der Waals surface area contributed by atoms with Crippen molar-refractivity contribution in [3.05, 3.63) is 76.3 Å². The molecule has 2 bridgehead atoms. The molecular formula is C27H26Cl2N6O2. The second-order valence-electron chi connectivity index (χ2n) is 9.51. The zero-order valence-corrected chi connectivity index (χ0v) is 21.9. The molecular weight excluding hydrogens is 511 g/mol. The number of aromatic nitrogens is 4. The fraction of sp³-hybridized carbons (Fsp3) is 0.333. The van der Waals surface area contributed by atoms with E-state index in [9.17, 15) is 4.79 Å². The van der Waals surface area contributed by atoms with Crippen molar-refractivity contribution in [1.82, 2.24) is 29.2 Å². The van der Waals surface area contributed by atoms with Crippen LogP contribution in [0.15, 0.2) is 54.9 Å². The standard InChI is InChI=1S/C27H26Cl2N6O2/c1-37-23-10-9-21(29)25(31-23)26(36)35-19-7-8-20(35)15-33(14-11-19)16-22-24(17-3-5-18(28)6-4-17)32-27-30-12-2-13-34(22)27/h2-6,9-10,12-13,19-20H,7-8,11,14-16H2,1H3. The molecule has 10 heteroatoms. The predicted molar refractivity (Wildman–Crippen MR) is 142 cm³/mol. The van der Waals surface area contributed by atoms with Crippen molar-refractivity contribution in [2.75, 3.05) is 20.2 Å². The van der Waals surface area contributed by atoms with Crippen molar-refractivity contribution < 1.29 is 9.53 Å². The van der Waals surface area contributed by atoms with E-state index >= 15 is 0 Å². The van der Waals surface area contributed by atoms with Crippen LogP contribution in [0.25, 0.3) is 17.0 Å². The van der Waals surface area contributed by atoms with Gasteiger partial charge < -0.3 is 9.64 Å². The van der Waals surface area contributed by atoms with Crippen LogP contribution in [0.1, 0.15) is 35.4 Å². The Morgan fingerprint density at radius 1 is 1.05 bits per heavy atom. The first-order valence-corrected chi connectivity index (χ1v) is 13.1. The minimum absolute atomic E-state index is 0.0837. The lowest BCUT2D eigenvalue weighted by molar-refractivity contribution is 0.0663. The highest BCUT2D eigenvalue weighted by molar-refractivity contribution is 6.33. The van der Waals surface area contributed by atoms with E-state index in [1.807, 2.05) is 41.4 Å². The van der Waals surface area contributed by atoms with E-state index in [-0.39, 0.29) is 23.7 Å². The number of imidazole rings is 1. The van der Waals surface area contributed by atoms with E-state index in [0.717, 1.165) is 49.3 Å². The average molecular weight is 537 g/mol. The Labute approximate surface area is 224 Å². The van der Waals surface area contributed by atoms with Gasteiger partial charge in [-0.15, -0.1) is 0 Å². The summed E-state index contributed by atoms with van der Waals surface area (Å²) in [6.07, 6.45) is 6.58. The molecule has 2 unspecified atom stereocenters. The summed E-state index contributed by atoms with van der Waals surface area (Å²) in [5.41, 5.74) is 3.21. The van der Waals surface area contributed by atoms with Gasteiger partial charge in [-0.25, -0.2) is 15.0 Å². The van der Waals surface area contributed by atoms with Crippen LogP contribution < -0.4 is 4.74 Å². The van der Waals surface area contributed by atoms with Crippen LogP contribution in [0.2, 0.25) is 10.0 Å². The van der Waals surface area contributed by atoms with E-state index in [0.29, 0.717) is 28.2 Å². The highest BCUT2D eigenvalue weighted by Gasteiger charge is 2.41. The number of nitrogens with zero attached hydrogens (tertiary/aromatic N) is 6. The van der Waals surface area contributed by atoms with Crippen LogP contribution in [0, 0.1) is 0 Å². The molecule has 0 spiro atoms. The third-order valence-electron chi connectivity index (χ3n) is 7.33. The summed E-state index contributed by atoms with van der Waals surface area (Å²) in [5.74, 6) is 0.918. The van der Waals surface area contributed by atoms with Crippen LogP contribution >= 0.6 is 23.2 Å². The number of fused-ring (bicyclic) bond motifs is 3. The van der Waals surface area contributed by atoms with Crippen molar-refractivity contribution in [3.63, 3.8) is 0 Å². The summed E-state index contributed by atoms with van der Waals surface area (Å²) >= 11 is 12.5. The molecule has 8 nitrogen and oxygen atoms in total. The Morgan fingerprint density at radius 3 is 2.68 bits per heavy atom. The molecule has 37 heavy (non-hydrogen) atoms. The molecule has 0 saturated carbocycles. The quantitative estimate of drug-likeness (QED) is 0.357. The number of hydrogen-bond acceptors (Lipinski definition) is 6. The number of likely N-dealkylation sites (tertiary alicyclic amines) is 1. The van der Waals surface area contributed by atoms with Gasteiger partial charge in [-0.2, -0.15) is 0 Å². The molecule has 4 aromatic rings. The summed E-state index contributed by atoms with van der Waals surface area (Å²) in [7, 11) is 1.53. The van der Waals surface area contributed by atoms with Gasteiger partial charge in [-0.3, -0.25) is 14.1 Å². The van der Waals surface area contributed by atoms with Gasteiger partial charge in [0.1, 0.15) is 0 Å². The number of carbonyl (C=O) groups excluding carboxylic acids is 1. The van der Waals surface area contributed by atoms with Crippen LogP contribution in [0.4, 0.5) is 0 Å². The van der Waals surface area contributed by atoms with E-state index in [2.05, 4.69) is 19.3 Å². The first-order chi connectivity index (χ1) is 18.0. The maximum Gasteiger partial charge on any atom is 0.274 e. The number of pyridine rings is 1. The van der Waals surface area contributed by atoms with Crippen LogP contribution in [-0.2, 0) is 6.54 Å². The minimum atomic E-state index is -0.126. The Hall–Kier alpha value is -3.20. The number of rotatable bonds is 5. The first kappa shape index (κ1) is 24.2. The van der Waals surface area contributed by atoms with Gasteiger partial charge in [-0.05, 0) is 43.5 Å². The van der Waals surface area contributed by atoms with Gasteiger partial charge in [-0.1, -0.05) is 35.3 Å².